The summed E-state index contributed by atoms with van der Waals surface area (Å²) in [5, 5.41) is 8.34. The first-order valence-electron chi connectivity index (χ1n) is 10.3. The van der Waals surface area contributed by atoms with Crippen LogP contribution in [0, 0.1) is 0 Å². The predicted octanol–water partition coefficient (Wildman–Crippen LogP) is 8.98. The van der Waals surface area contributed by atoms with E-state index in [2.05, 4.69) is 42.7 Å². The summed E-state index contributed by atoms with van der Waals surface area (Å²) in [7, 11) is 0. The third-order valence-corrected chi connectivity index (χ3v) is 7.36. The first kappa shape index (κ1) is 22.4. The monoisotopic (exact) mass is 512 g/mol. The lowest BCUT2D eigenvalue weighted by Crippen LogP contribution is -2.17. The second-order valence-corrected chi connectivity index (χ2v) is 9.72. The van der Waals surface area contributed by atoms with E-state index in [0.29, 0.717) is 26.4 Å². The van der Waals surface area contributed by atoms with Gasteiger partial charge in [0.1, 0.15) is 17.6 Å². The number of thioether (sulfide) groups is 1. The fraction of sp³-hybridized carbons (Fsp3) is 0.115. The molecule has 0 N–H and O–H groups in total. The maximum Gasteiger partial charge on any atom is 0.135 e. The molecule has 0 saturated heterocycles. The van der Waals surface area contributed by atoms with Gasteiger partial charge in [-0.3, -0.25) is 5.01 Å². The van der Waals surface area contributed by atoms with Crippen molar-refractivity contribution < 1.29 is 4.42 Å². The molecule has 0 fully saturated rings. The Bertz CT molecular complexity index is 1320. The molecule has 1 aliphatic rings. The van der Waals surface area contributed by atoms with Gasteiger partial charge in [-0.05, 0) is 60.4 Å². The van der Waals surface area contributed by atoms with Gasteiger partial charge < -0.3 is 4.42 Å². The molecule has 1 aromatic heterocycles. The Labute approximate surface area is 212 Å². The summed E-state index contributed by atoms with van der Waals surface area (Å²) in [6.07, 6.45) is 2.79. The Morgan fingerprint density at radius 3 is 2.33 bits per heavy atom. The molecule has 3 aromatic carbocycles. The lowest BCUT2D eigenvalue weighted by Gasteiger charge is -2.21. The quantitative estimate of drug-likeness (QED) is 0.197. The number of nitrogens with zero attached hydrogens (tertiary/aromatic N) is 2. The van der Waals surface area contributed by atoms with Crippen molar-refractivity contribution in [2.24, 2.45) is 5.10 Å². The Morgan fingerprint density at radius 1 is 0.879 bits per heavy atom. The second-order valence-electron chi connectivity index (χ2n) is 7.62. The summed E-state index contributed by atoms with van der Waals surface area (Å²) in [5.74, 6) is 1.44. The third-order valence-electron chi connectivity index (χ3n) is 5.58. The first-order valence-corrected chi connectivity index (χ1v) is 12.7. The molecule has 0 radical (unpaired) electrons. The van der Waals surface area contributed by atoms with E-state index in [-0.39, 0.29) is 6.04 Å². The van der Waals surface area contributed by atoms with Crippen LogP contribution in [-0.4, -0.2) is 12.0 Å². The minimum Gasteiger partial charge on any atom is -0.459 e. The van der Waals surface area contributed by atoms with E-state index in [1.807, 2.05) is 35.3 Å². The van der Waals surface area contributed by atoms with Gasteiger partial charge in [0.2, 0.25) is 0 Å². The number of anilines is 1. The standard InChI is InChI=1S/C26H19Cl3N2OS/c1-33-18-9-7-16(8-10-18)23-15-24(31(30-23)17-5-3-2-4-6-17)26-12-11-25(32-26)19-13-21(28)22(29)14-20(19)27/h2-14,24H,15H2,1H3. The highest BCUT2D eigenvalue weighted by atomic mass is 35.5. The van der Waals surface area contributed by atoms with Crippen LogP contribution in [0.3, 0.4) is 0 Å². The number of furan rings is 1. The van der Waals surface area contributed by atoms with Crippen LogP contribution in [-0.2, 0) is 0 Å². The Hall–Kier alpha value is -2.37. The summed E-state index contributed by atoms with van der Waals surface area (Å²) in [5.41, 5.74) is 3.83. The van der Waals surface area contributed by atoms with Crippen LogP contribution in [0.1, 0.15) is 23.8 Å². The van der Waals surface area contributed by atoms with Gasteiger partial charge in [-0.1, -0.05) is 65.1 Å². The Kier molecular flexibility index (Phi) is 6.44. The molecule has 0 spiro atoms. The molecule has 0 saturated carbocycles. The summed E-state index contributed by atoms with van der Waals surface area (Å²) in [4.78, 5) is 1.22. The lowest BCUT2D eigenvalue weighted by atomic mass is 10.0. The Balaban J connectivity index is 1.51. The van der Waals surface area contributed by atoms with Crippen LogP contribution in [0.15, 0.2) is 93.3 Å². The smallest absolute Gasteiger partial charge is 0.135 e. The van der Waals surface area contributed by atoms with E-state index < -0.39 is 0 Å². The molecule has 7 heteroatoms. The fourth-order valence-corrected chi connectivity index (χ4v) is 4.94. The highest BCUT2D eigenvalue weighted by molar-refractivity contribution is 7.98. The van der Waals surface area contributed by atoms with Crippen molar-refractivity contribution in [1.82, 2.24) is 0 Å². The second kappa shape index (κ2) is 9.47. The normalized spacial score (nSPS) is 15.7. The summed E-state index contributed by atoms with van der Waals surface area (Å²) in [6, 6.07) is 25.8. The molecule has 4 aromatic rings. The topological polar surface area (TPSA) is 28.7 Å². The number of halogens is 3. The molecule has 5 rings (SSSR count). The van der Waals surface area contributed by atoms with Gasteiger partial charge in [-0.25, -0.2) is 0 Å². The van der Waals surface area contributed by atoms with Crippen LogP contribution in [0.4, 0.5) is 5.69 Å². The van der Waals surface area contributed by atoms with Gasteiger partial charge in [0.05, 0.1) is 26.5 Å². The van der Waals surface area contributed by atoms with Gasteiger partial charge >= 0.3 is 0 Å². The number of hydrogen-bond donors (Lipinski definition) is 0. The molecular formula is C26H19Cl3N2OS. The lowest BCUT2D eigenvalue weighted by molar-refractivity contribution is 0.475. The van der Waals surface area contributed by atoms with Crippen molar-refractivity contribution in [2.75, 3.05) is 11.3 Å². The highest BCUT2D eigenvalue weighted by Crippen LogP contribution is 2.41. The van der Waals surface area contributed by atoms with Crippen molar-refractivity contribution in [3.8, 4) is 11.3 Å². The minimum absolute atomic E-state index is 0.0853. The van der Waals surface area contributed by atoms with E-state index in [1.54, 1.807) is 23.9 Å². The van der Waals surface area contributed by atoms with E-state index in [4.69, 9.17) is 44.3 Å². The fourth-order valence-electron chi connectivity index (χ4n) is 3.90. The van der Waals surface area contributed by atoms with Crippen molar-refractivity contribution in [3.05, 3.63) is 105 Å². The highest BCUT2D eigenvalue weighted by Gasteiger charge is 2.32. The van der Waals surface area contributed by atoms with Crippen molar-refractivity contribution in [1.29, 1.82) is 0 Å². The maximum absolute atomic E-state index is 6.42. The average molecular weight is 514 g/mol. The van der Waals surface area contributed by atoms with Crippen molar-refractivity contribution in [3.63, 3.8) is 0 Å². The molecule has 3 nitrogen and oxygen atoms in total. The van der Waals surface area contributed by atoms with Crippen LogP contribution < -0.4 is 5.01 Å². The van der Waals surface area contributed by atoms with Crippen LogP contribution in [0.25, 0.3) is 11.3 Å². The molecule has 0 bridgehead atoms. The molecule has 0 aliphatic carbocycles. The zero-order valence-corrected chi connectivity index (χ0v) is 20.7. The van der Waals surface area contributed by atoms with Crippen LogP contribution in [0.5, 0.6) is 0 Å². The molecule has 1 unspecified atom stereocenters. The largest absolute Gasteiger partial charge is 0.459 e. The van der Waals surface area contributed by atoms with E-state index >= 15 is 0 Å². The molecule has 166 valence electrons. The summed E-state index contributed by atoms with van der Waals surface area (Å²) in [6.45, 7) is 0. The number of hydrazone groups is 1. The number of hydrogen-bond acceptors (Lipinski definition) is 4. The third kappa shape index (κ3) is 4.53. The maximum atomic E-state index is 6.42. The predicted molar refractivity (Wildman–Crippen MR) is 140 cm³/mol. The number of para-hydroxylation sites is 1. The van der Waals surface area contributed by atoms with Crippen molar-refractivity contribution in [2.45, 2.75) is 17.4 Å². The van der Waals surface area contributed by atoms with Gasteiger partial charge in [-0.2, -0.15) is 5.10 Å². The Morgan fingerprint density at radius 2 is 1.61 bits per heavy atom. The zero-order valence-electron chi connectivity index (χ0n) is 17.6. The minimum atomic E-state index is -0.0853. The molecule has 1 atom stereocenters. The van der Waals surface area contributed by atoms with E-state index in [1.165, 1.54) is 4.90 Å². The van der Waals surface area contributed by atoms with Crippen LogP contribution >= 0.6 is 46.6 Å². The van der Waals surface area contributed by atoms with Gasteiger partial charge in [-0.15, -0.1) is 11.8 Å². The summed E-state index contributed by atoms with van der Waals surface area (Å²) < 4.78 is 6.30. The zero-order chi connectivity index (χ0) is 22.9. The van der Waals surface area contributed by atoms with Gasteiger partial charge in [0.15, 0.2) is 0 Å². The van der Waals surface area contributed by atoms with Crippen molar-refractivity contribution >= 4 is 58.0 Å². The SMILES string of the molecule is CSc1ccc(C2=NN(c3ccccc3)C(c3ccc(-c4cc(Cl)c(Cl)cc4Cl)o3)C2)cc1. The molecule has 2 heterocycles. The first-order chi connectivity index (χ1) is 16.0. The van der Waals surface area contributed by atoms with Gasteiger partial charge in [0.25, 0.3) is 0 Å². The molecule has 33 heavy (non-hydrogen) atoms. The summed E-state index contributed by atoms with van der Waals surface area (Å²) >= 11 is 20.5. The van der Waals surface area contributed by atoms with E-state index in [9.17, 15) is 0 Å². The molecule has 1 aliphatic heterocycles. The number of rotatable bonds is 5. The molecule has 0 amide bonds. The number of benzene rings is 3. The average Bonchev–Trinajstić information content (AvgIpc) is 3.50. The van der Waals surface area contributed by atoms with Gasteiger partial charge in [0, 0.05) is 16.9 Å². The molecular weight excluding hydrogens is 495 g/mol. The van der Waals surface area contributed by atoms with Crippen LogP contribution in [0.2, 0.25) is 15.1 Å². The van der Waals surface area contributed by atoms with E-state index in [0.717, 1.165) is 29.1 Å².